The lowest BCUT2D eigenvalue weighted by Crippen LogP contribution is -2.46. The number of benzene rings is 2. The molecule has 0 aliphatic carbocycles. The molecule has 0 bridgehead atoms. The number of carbonyl (C=O) groups is 2. The van der Waals surface area contributed by atoms with Crippen LogP contribution in [0.3, 0.4) is 0 Å². The first-order chi connectivity index (χ1) is 13.9. The third kappa shape index (κ3) is 7.49. The van der Waals surface area contributed by atoms with E-state index in [2.05, 4.69) is 12.1 Å². The fourth-order valence-electron chi connectivity index (χ4n) is 3.13. The molecular weight excluding hydrogens is 370 g/mol. The van der Waals surface area contributed by atoms with Crippen molar-refractivity contribution in [3.05, 3.63) is 65.7 Å². The van der Waals surface area contributed by atoms with E-state index in [0.717, 1.165) is 22.6 Å². The number of amides is 1. The topological polar surface area (TPSA) is 87.1 Å². The summed E-state index contributed by atoms with van der Waals surface area (Å²) in [5.41, 5.74) is 2.15. The van der Waals surface area contributed by atoms with Gasteiger partial charge in [0.15, 0.2) is 0 Å². The van der Waals surface area contributed by atoms with Gasteiger partial charge in [-0.05, 0) is 42.0 Å². The highest BCUT2D eigenvalue weighted by Gasteiger charge is 2.29. The third-order valence-electron chi connectivity index (χ3n) is 4.67. The number of hydrogen-bond donors (Lipinski definition) is 2. The number of ether oxygens (including phenoxy) is 1. The Kier molecular flexibility index (Phi) is 8.52. The van der Waals surface area contributed by atoms with Crippen molar-refractivity contribution in [3.63, 3.8) is 0 Å². The Balaban J connectivity index is 1.88. The second-order valence-corrected chi connectivity index (χ2v) is 7.44. The zero-order valence-electron chi connectivity index (χ0n) is 17.0. The van der Waals surface area contributed by atoms with Crippen molar-refractivity contribution in [2.75, 3.05) is 13.2 Å². The fraction of sp³-hybridized carbons (Fsp3) is 0.391. The summed E-state index contributed by atoms with van der Waals surface area (Å²) in [4.78, 5) is 24.1. The second-order valence-electron chi connectivity index (χ2n) is 7.44. The van der Waals surface area contributed by atoms with Crippen LogP contribution in [0.5, 0.6) is 5.75 Å². The van der Waals surface area contributed by atoms with Gasteiger partial charge in [-0.25, -0.2) is 9.59 Å². The van der Waals surface area contributed by atoms with Gasteiger partial charge in [0.25, 0.3) is 0 Å². The van der Waals surface area contributed by atoms with Gasteiger partial charge in [-0.1, -0.05) is 56.3 Å². The van der Waals surface area contributed by atoms with E-state index in [-0.39, 0.29) is 18.9 Å². The van der Waals surface area contributed by atoms with Crippen molar-refractivity contribution in [1.82, 2.24) is 4.90 Å². The molecule has 1 amide bonds. The number of carboxylic acids is 1. The number of carboxylic acid groups (broad SMARTS) is 2. The second kappa shape index (κ2) is 11.1. The molecule has 0 heterocycles. The average molecular weight is 399 g/mol. The molecule has 2 aromatic rings. The van der Waals surface area contributed by atoms with E-state index in [9.17, 15) is 19.8 Å². The van der Waals surface area contributed by atoms with Crippen molar-refractivity contribution in [3.8, 4) is 5.75 Å². The Morgan fingerprint density at radius 1 is 0.931 bits per heavy atom. The van der Waals surface area contributed by atoms with Gasteiger partial charge >= 0.3 is 12.1 Å². The van der Waals surface area contributed by atoms with Gasteiger partial charge in [-0.3, -0.25) is 4.90 Å². The number of aliphatic carboxylic acids is 1. The van der Waals surface area contributed by atoms with Crippen LogP contribution >= 0.6 is 0 Å². The van der Waals surface area contributed by atoms with Crippen LogP contribution in [0, 0.1) is 5.92 Å². The predicted molar refractivity (Wildman–Crippen MR) is 111 cm³/mol. The van der Waals surface area contributed by atoms with Gasteiger partial charge in [-0.15, -0.1) is 0 Å². The highest BCUT2D eigenvalue weighted by molar-refractivity contribution is 5.79. The third-order valence-corrected chi connectivity index (χ3v) is 4.67. The molecule has 156 valence electrons. The lowest BCUT2D eigenvalue weighted by atomic mass is 10.0. The van der Waals surface area contributed by atoms with Crippen LogP contribution < -0.4 is 4.74 Å². The van der Waals surface area contributed by atoms with Crippen LogP contribution in [0.2, 0.25) is 0 Å². The SMILES string of the molecule is CC(C)C[C@@H](C(=O)O)N(CCc1ccc(OCCc2ccccc2)cc1)C(=O)O. The standard InChI is InChI=1S/C23H29NO5/c1-17(2)16-21(22(25)26)24(23(27)28)14-12-19-8-10-20(11-9-19)29-15-13-18-6-4-3-5-7-18/h3-11,17,21H,12-16H2,1-2H3,(H,25,26)(H,27,28)/t21-/m0/s1. The van der Waals surface area contributed by atoms with E-state index in [1.54, 1.807) is 0 Å². The fourth-order valence-corrected chi connectivity index (χ4v) is 3.13. The van der Waals surface area contributed by atoms with Crippen molar-refractivity contribution in [2.24, 2.45) is 5.92 Å². The van der Waals surface area contributed by atoms with Gasteiger partial charge in [0.2, 0.25) is 0 Å². The first kappa shape index (κ1) is 22.3. The molecule has 2 N–H and O–H groups in total. The summed E-state index contributed by atoms with van der Waals surface area (Å²) in [6, 6.07) is 16.5. The Bertz CT molecular complexity index is 774. The monoisotopic (exact) mass is 399 g/mol. The summed E-state index contributed by atoms with van der Waals surface area (Å²) in [7, 11) is 0. The van der Waals surface area contributed by atoms with E-state index in [1.807, 2.05) is 56.3 Å². The van der Waals surface area contributed by atoms with Gasteiger partial charge < -0.3 is 14.9 Å². The first-order valence-electron chi connectivity index (χ1n) is 9.85. The zero-order valence-corrected chi connectivity index (χ0v) is 17.0. The summed E-state index contributed by atoms with van der Waals surface area (Å²) in [6.07, 6.45) is 0.343. The number of hydrogen-bond acceptors (Lipinski definition) is 3. The van der Waals surface area contributed by atoms with Crippen molar-refractivity contribution < 1.29 is 24.5 Å². The maximum atomic E-state index is 11.6. The van der Waals surface area contributed by atoms with E-state index >= 15 is 0 Å². The molecule has 0 aliphatic rings. The lowest BCUT2D eigenvalue weighted by Gasteiger charge is -2.27. The van der Waals surface area contributed by atoms with Crippen LogP contribution in [0.25, 0.3) is 0 Å². The molecule has 0 radical (unpaired) electrons. The van der Waals surface area contributed by atoms with Crippen molar-refractivity contribution >= 4 is 12.1 Å². The molecule has 1 atom stereocenters. The van der Waals surface area contributed by atoms with E-state index in [4.69, 9.17) is 4.74 Å². The Labute approximate surface area is 171 Å². The van der Waals surface area contributed by atoms with Crippen molar-refractivity contribution in [2.45, 2.75) is 39.2 Å². The van der Waals surface area contributed by atoms with Gasteiger partial charge in [0.05, 0.1) is 6.61 Å². The molecule has 0 unspecified atom stereocenters. The molecule has 0 spiro atoms. The maximum absolute atomic E-state index is 11.6. The number of nitrogens with zero attached hydrogens (tertiary/aromatic N) is 1. The number of rotatable bonds is 11. The molecule has 29 heavy (non-hydrogen) atoms. The molecule has 2 aromatic carbocycles. The maximum Gasteiger partial charge on any atom is 0.408 e. The van der Waals surface area contributed by atoms with Crippen LogP contribution in [0.15, 0.2) is 54.6 Å². The molecule has 0 aliphatic heterocycles. The zero-order chi connectivity index (χ0) is 21.2. The van der Waals surface area contributed by atoms with Crippen LogP contribution in [-0.2, 0) is 17.6 Å². The molecule has 0 saturated carbocycles. The van der Waals surface area contributed by atoms with E-state index in [1.165, 1.54) is 5.56 Å². The summed E-state index contributed by atoms with van der Waals surface area (Å²) in [5, 5.41) is 18.9. The smallest absolute Gasteiger partial charge is 0.408 e. The largest absolute Gasteiger partial charge is 0.493 e. The summed E-state index contributed by atoms with van der Waals surface area (Å²) >= 11 is 0. The quantitative estimate of drug-likeness (QED) is 0.587. The molecule has 2 rings (SSSR count). The Morgan fingerprint density at radius 2 is 1.55 bits per heavy atom. The molecule has 0 saturated heterocycles. The normalized spacial score (nSPS) is 11.8. The summed E-state index contributed by atoms with van der Waals surface area (Å²) in [5.74, 6) is -0.267. The van der Waals surface area contributed by atoms with Gasteiger partial charge in [-0.2, -0.15) is 0 Å². The Morgan fingerprint density at radius 3 is 2.10 bits per heavy atom. The molecule has 6 nitrogen and oxygen atoms in total. The summed E-state index contributed by atoms with van der Waals surface area (Å²) < 4.78 is 5.76. The Hall–Kier alpha value is -3.02. The molecular formula is C23H29NO5. The lowest BCUT2D eigenvalue weighted by molar-refractivity contribution is -0.143. The van der Waals surface area contributed by atoms with Gasteiger partial charge in [0.1, 0.15) is 11.8 Å². The summed E-state index contributed by atoms with van der Waals surface area (Å²) in [6.45, 7) is 4.47. The van der Waals surface area contributed by atoms with Crippen LogP contribution in [0.1, 0.15) is 31.4 Å². The van der Waals surface area contributed by atoms with Crippen molar-refractivity contribution in [1.29, 1.82) is 0 Å². The molecule has 6 heteroatoms. The average Bonchev–Trinajstić information content (AvgIpc) is 2.68. The molecule has 0 aromatic heterocycles. The van der Waals surface area contributed by atoms with Gasteiger partial charge in [0, 0.05) is 13.0 Å². The van der Waals surface area contributed by atoms with Crippen LogP contribution in [0.4, 0.5) is 4.79 Å². The van der Waals surface area contributed by atoms with E-state index in [0.29, 0.717) is 13.0 Å². The highest BCUT2D eigenvalue weighted by Crippen LogP contribution is 2.16. The highest BCUT2D eigenvalue weighted by atomic mass is 16.5. The minimum Gasteiger partial charge on any atom is -0.493 e. The predicted octanol–water partition coefficient (Wildman–Crippen LogP) is 4.33. The first-order valence-corrected chi connectivity index (χ1v) is 9.85. The van der Waals surface area contributed by atoms with E-state index < -0.39 is 18.1 Å². The minimum atomic E-state index is -1.21. The van der Waals surface area contributed by atoms with Crippen LogP contribution in [-0.4, -0.2) is 46.4 Å². The molecule has 0 fully saturated rings. The minimum absolute atomic E-state index is 0.0882.